The van der Waals surface area contributed by atoms with E-state index in [4.69, 9.17) is 0 Å². The molecule has 0 spiro atoms. The highest BCUT2D eigenvalue weighted by Gasteiger charge is 2.54. The van der Waals surface area contributed by atoms with Crippen LogP contribution in [-0.4, -0.2) is 86.9 Å². The zero-order valence-corrected chi connectivity index (χ0v) is 21.0. The quantitative estimate of drug-likeness (QED) is 0.315. The summed E-state index contributed by atoms with van der Waals surface area (Å²) in [6.45, 7) is 5.37. The first-order chi connectivity index (χ1) is 16.6. The van der Waals surface area contributed by atoms with Crippen LogP contribution in [0.15, 0.2) is 18.2 Å². The number of phenols is 1. The molecule has 6 N–H and O–H groups in total. The molecule has 1 saturated heterocycles. The molecule has 2 fully saturated rings. The van der Waals surface area contributed by atoms with Crippen LogP contribution in [0.5, 0.6) is 5.75 Å². The predicted octanol–water partition coefficient (Wildman–Crippen LogP) is 1.06. The van der Waals surface area contributed by atoms with E-state index in [1.165, 1.54) is 11.1 Å². The molecule has 0 radical (unpaired) electrons. The number of carbonyl (C=O) groups excluding carboxylic acids is 1. The van der Waals surface area contributed by atoms with Crippen molar-refractivity contribution in [2.24, 2.45) is 11.3 Å². The van der Waals surface area contributed by atoms with Gasteiger partial charge in [0, 0.05) is 13.1 Å². The molecule has 1 amide bonds. The maximum atomic E-state index is 13.5. The molecule has 196 valence electrons. The van der Waals surface area contributed by atoms with Crippen molar-refractivity contribution in [1.82, 2.24) is 10.2 Å². The SMILES string of the molecule is C[C@]1(C(=O)NCCCCN2C[C@H](O)[C@@H](O)[C@H](O)[C@H]2CO)CCC[C@]2(C)c3cc(O)ccc3CC[C@@H]12. The Morgan fingerprint density at radius 2 is 1.91 bits per heavy atom. The zero-order valence-electron chi connectivity index (χ0n) is 21.0. The van der Waals surface area contributed by atoms with Gasteiger partial charge in [-0.1, -0.05) is 26.3 Å². The fourth-order valence-electron chi connectivity index (χ4n) is 7.20. The van der Waals surface area contributed by atoms with E-state index < -0.39 is 29.8 Å². The van der Waals surface area contributed by atoms with E-state index >= 15 is 0 Å². The van der Waals surface area contributed by atoms with Crippen molar-refractivity contribution in [1.29, 1.82) is 0 Å². The number of β-amino-alcohol motifs (C(OH)–C–C–N with tert-alkyl or cyclic N) is 1. The predicted molar refractivity (Wildman–Crippen MR) is 132 cm³/mol. The number of likely N-dealkylation sites (tertiary alicyclic amines) is 1. The number of benzene rings is 1. The molecule has 3 aliphatic rings. The maximum absolute atomic E-state index is 13.5. The van der Waals surface area contributed by atoms with Gasteiger partial charge >= 0.3 is 0 Å². The summed E-state index contributed by atoms with van der Waals surface area (Å²) in [5.41, 5.74) is 1.89. The second kappa shape index (κ2) is 10.3. The summed E-state index contributed by atoms with van der Waals surface area (Å²) in [5, 5.41) is 52.9. The lowest BCUT2D eigenvalue weighted by Gasteiger charge is -2.54. The van der Waals surface area contributed by atoms with Crippen molar-refractivity contribution in [3.05, 3.63) is 29.3 Å². The number of hydrogen-bond acceptors (Lipinski definition) is 7. The van der Waals surface area contributed by atoms with Gasteiger partial charge in [-0.2, -0.15) is 0 Å². The third kappa shape index (κ3) is 4.83. The third-order valence-electron chi connectivity index (χ3n) is 9.23. The zero-order chi connectivity index (χ0) is 25.4. The first-order valence-corrected chi connectivity index (χ1v) is 13.1. The lowest BCUT2D eigenvalue weighted by atomic mass is 9.49. The van der Waals surface area contributed by atoms with Gasteiger partial charge in [0.2, 0.25) is 5.91 Å². The van der Waals surface area contributed by atoms with Crippen LogP contribution < -0.4 is 5.32 Å². The molecule has 8 heteroatoms. The van der Waals surface area contributed by atoms with Crippen LogP contribution >= 0.6 is 0 Å². The number of nitrogens with zero attached hydrogens (tertiary/aromatic N) is 1. The highest BCUT2D eigenvalue weighted by Crippen LogP contribution is 2.57. The molecule has 8 nitrogen and oxygen atoms in total. The Morgan fingerprint density at radius 1 is 1.14 bits per heavy atom. The molecule has 1 aromatic carbocycles. The molecule has 0 bridgehead atoms. The highest BCUT2D eigenvalue weighted by atomic mass is 16.4. The fraction of sp³-hybridized carbons (Fsp3) is 0.741. The minimum atomic E-state index is -1.25. The van der Waals surface area contributed by atoms with Gasteiger partial charge < -0.3 is 30.8 Å². The molecule has 1 heterocycles. The average Bonchev–Trinajstić information content (AvgIpc) is 2.82. The Bertz CT molecular complexity index is 912. The number of aromatic hydroxyl groups is 1. The van der Waals surface area contributed by atoms with Crippen molar-refractivity contribution in [3.8, 4) is 5.75 Å². The Hall–Kier alpha value is -1.71. The summed E-state index contributed by atoms with van der Waals surface area (Å²) in [6.07, 6.45) is 2.73. The van der Waals surface area contributed by atoms with Crippen LogP contribution in [0.3, 0.4) is 0 Å². The number of hydrogen-bond donors (Lipinski definition) is 6. The molecular weight excluding hydrogens is 448 g/mol. The summed E-state index contributed by atoms with van der Waals surface area (Å²) >= 11 is 0. The van der Waals surface area contributed by atoms with Gasteiger partial charge in [0.25, 0.3) is 0 Å². The number of aryl methyl sites for hydroxylation is 1. The van der Waals surface area contributed by atoms with Gasteiger partial charge in [-0.15, -0.1) is 0 Å². The van der Waals surface area contributed by atoms with Crippen LogP contribution in [0.4, 0.5) is 0 Å². The summed E-state index contributed by atoms with van der Waals surface area (Å²) in [7, 11) is 0. The average molecular weight is 491 g/mol. The highest BCUT2D eigenvalue weighted by molar-refractivity contribution is 5.83. The van der Waals surface area contributed by atoms with E-state index in [1.807, 2.05) is 17.0 Å². The normalized spacial score (nSPS) is 37.4. The van der Waals surface area contributed by atoms with Gasteiger partial charge in [-0.05, 0) is 79.7 Å². The molecule has 1 aromatic rings. The van der Waals surface area contributed by atoms with E-state index in [9.17, 15) is 30.3 Å². The third-order valence-corrected chi connectivity index (χ3v) is 9.23. The van der Waals surface area contributed by atoms with E-state index in [0.717, 1.165) is 44.9 Å². The Labute approximate surface area is 208 Å². The lowest BCUT2D eigenvalue weighted by Crippen LogP contribution is -2.62. The molecule has 1 aliphatic heterocycles. The molecule has 2 aliphatic carbocycles. The van der Waals surface area contributed by atoms with Crippen LogP contribution in [0, 0.1) is 11.3 Å². The smallest absolute Gasteiger partial charge is 0.226 e. The first kappa shape index (κ1) is 26.4. The molecule has 0 aromatic heterocycles. The van der Waals surface area contributed by atoms with Gasteiger partial charge in [0.1, 0.15) is 18.0 Å². The standard InChI is InChI=1S/C27H42N2O6/c1-26-10-5-11-27(2,22(26)9-7-17-6-8-18(31)14-19(17)26)25(35)28-12-3-4-13-29-15-21(32)24(34)23(33)20(29)16-30/h6,8,14,20-24,30-34H,3-5,7,9-13,15-16H2,1-2H3,(H,28,35)/t20-,21+,22-,23-,24-,26-,27+/m1/s1. The van der Waals surface area contributed by atoms with Crippen molar-refractivity contribution in [2.75, 3.05) is 26.2 Å². The minimum Gasteiger partial charge on any atom is -0.508 e. The Morgan fingerprint density at radius 3 is 2.66 bits per heavy atom. The summed E-state index contributed by atoms with van der Waals surface area (Å²) in [6, 6.07) is 5.09. The van der Waals surface area contributed by atoms with Crippen LogP contribution in [0.1, 0.15) is 63.5 Å². The number of nitrogens with one attached hydrogen (secondary N) is 1. The maximum Gasteiger partial charge on any atom is 0.226 e. The minimum absolute atomic E-state index is 0.0946. The Balaban J connectivity index is 1.33. The van der Waals surface area contributed by atoms with Crippen molar-refractivity contribution >= 4 is 5.91 Å². The number of rotatable bonds is 7. The number of fused-ring (bicyclic) bond motifs is 3. The summed E-state index contributed by atoms with van der Waals surface area (Å²) < 4.78 is 0. The Kier molecular flexibility index (Phi) is 7.79. The number of carbonyl (C=O) groups is 1. The van der Waals surface area contributed by atoms with Crippen LogP contribution in [0.25, 0.3) is 0 Å². The number of aliphatic hydroxyl groups is 4. The number of piperidine rings is 1. The topological polar surface area (TPSA) is 133 Å². The van der Waals surface area contributed by atoms with Gasteiger partial charge in [-0.25, -0.2) is 0 Å². The van der Waals surface area contributed by atoms with E-state index in [0.29, 0.717) is 13.1 Å². The van der Waals surface area contributed by atoms with Gasteiger partial charge in [0.05, 0.1) is 24.2 Å². The number of unbranched alkanes of at least 4 members (excludes halogenated alkanes) is 1. The second-order valence-corrected chi connectivity index (χ2v) is 11.4. The fourth-order valence-corrected chi connectivity index (χ4v) is 7.20. The van der Waals surface area contributed by atoms with Gasteiger partial charge in [0.15, 0.2) is 0 Å². The van der Waals surface area contributed by atoms with E-state index in [-0.39, 0.29) is 36.1 Å². The largest absolute Gasteiger partial charge is 0.508 e. The molecule has 35 heavy (non-hydrogen) atoms. The number of phenolic OH excluding ortho intramolecular Hbond substituents is 1. The summed E-state index contributed by atoms with van der Waals surface area (Å²) in [4.78, 5) is 15.3. The van der Waals surface area contributed by atoms with E-state index in [1.54, 1.807) is 6.07 Å². The molecule has 4 rings (SSSR count). The molecule has 7 atom stereocenters. The van der Waals surface area contributed by atoms with E-state index in [2.05, 4.69) is 19.2 Å². The summed E-state index contributed by atoms with van der Waals surface area (Å²) in [5.74, 6) is 0.595. The molecule has 0 unspecified atom stereocenters. The monoisotopic (exact) mass is 490 g/mol. The van der Waals surface area contributed by atoms with Crippen molar-refractivity contribution in [3.63, 3.8) is 0 Å². The van der Waals surface area contributed by atoms with Crippen LogP contribution in [-0.2, 0) is 16.6 Å². The first-order valence-electron chi connectivity index (χ1n) is 13.1. The van der Waals surface area contributed by atoms with Crippen molar-refractivity contribution < 1.29 is 30.3 Å². The number of aliphatic hydroxyl groups excluding tert-OH is 4. The molecular formula is C27H42N2O6. The second-order valence-electron chi connectivity index (χ2n) is 11.4. The van der Waals surface area contributed by atoms with Crippen LogP contribution in [0.2, 0.25) is 0 Å². The van der Waals surface area contributed by atoms with Gasteiger partial charge in [-0.3, -0.25) is 9.69 Å². The number of amides is 1. The molecule has 1 saturated carbocycles. The lowest BCUT2D eigenvalue weighted by molar-refractivity contribution is -0.145. The van der Waals surface area contributed by atoms with Crippen molar-refractivity contribution in [2.45, 2.75) is 88.6 Å².